The molecule has 0 aliphatic carbocycles. The van der Waals surface area contributed by atoms with Crippen LogP contribution in [0, 0.1) is 0 Å². The summed E-state index contributed by atoms with van der Waals surface area (Å²) in [6.45, 7) is 3.37. The summed E-state index contributed by atoms with van der Waals surface area (Å²) in [7, 11) is -3.90. The maximum absolute atomic E-state index is 11.7. The van der Waals surface area contributed by atoms with E-state index in [0.29, 0.717) is 51.3 Å². The number of β-amino-alcohol motifs (C(OH)–C–C–N with tert-alkyl or cyclic N) is 1. The van der Waals surface area contributed by atoms with Crippen molar-refractivity contribution in [2.45, 2.75) is 23.8 Å². The van der Waals surface area contributed by atoms with Crippen molar-refractivity contribution in [2.75, 3.05) is 49.5 Å². The van der Waals surface area contributed by atoms with Gasteiger partial charge in [0.1, 0.15) is 23.4 Å². The molecule has 2 aliphatic rings. The highest BCUT2D eigenvalue weighted by atomic mass is 35.5. The highest BCUT2D eigenvalue weighted by molar-refractivity contribution is 7.89. The predicted octanol–water partition coefficient (Wildman–Crippen LogP) is 1.43. The molecule has 1 amide bonds. The molecular formula is C22H27ClN4O5S. The van der Waals surface area contributed by atoms with E-state index < -0.39 is 16.1 Å². The number of rotatable bonds is 7. The number of anilines is 2. The number of hydrogen-bond donors (Lipinski definition) is 3. The summed E-state index contributed by atoms with van der Waals surface area (Å²) in [4.78, 5) is 15.7. The summed E-state index contributed by atoms with van der Waals surface area (Å²) in [5, 5.41) is 18.7. The number of aliphatic hydroxyl groups excluding tert-OH is 1. The topological polar surface area (TPSA) is 125 Å². The number of nitrogens with one attached hydrogen (secondary N) is 1. The third-order valence-corrected chi connectivity index (χ3v) is 7.26. The number of nitrogens with two attached hydrogens (primary N) is 1. The minimum absolute atomic E-state index is 0.00157. The Morgan fingerprint density at radius 3 is 2.64 bits per heavy atom. The highest BCUT2D eigenvalue weighted by Crippen LogP contribution is 2.31. The first-order chi connectivity index (χ1) is 15.7. The van der Waals surface area contributed by atoms with E-state index >= 15 is 0 Å². The van der Waals surface area contributed by atoms with Gasteiger partial charge in [-0.15, -0.1) is 0 Å². The zero-order chi connectivity index (χ0) is 23.6. The number of sulfonamides is 1. The van der Waals surface area contributed by atoms with Gasteiger partial charge in [-0.2, -0.15) is 0 Å². The number of fused-ring (bicyclic) bond motifs is 1. The number of ether oxygens (including phenoxy) is 1. The molecule has 0 aromatic heterocycles. The van der Waals surface area contributed by atoms with Gasteiger partial charge in [-0.3, -0.25) is 9.69 Å². The molecule has 2 aliphatic heterocycles. The molecule has 33 heavy (non-hydrogen) atoms. The minimum atomic E-state index is -3.90. The molecule has 4 N–H and O–H groups in total. The first kappa shape index (κ1) is 23.8. The van der Waals surface area contributed by atoms with Gasteiger partial charge in [0.25, 0.3) is 0 Å². The summed E-state index contributed by atoms with van der Waals surface area (Å²) in [5.41, 5.74) is 2.47. The SMILES string of the molecule is NS(=O)(=O)c1cc(N2CCN(CC(O)COc3cccc4c3CCC(=O)N4)CC2)ccc1Cl. The van der Waals surface area contributed by atoms with Gasteiger partial charge in [-0.1, -0.05) is 17.7 Å². The lowest BCUT2D eigenvalue weighted by Gasteiger charge is -2.37. The van der Waals surface area contributed by atoms with Crippen molar-refractivity contribution in [2.24, 2.45) is 5.14 Å². The average Bonchev–Trinajstić information content (AvgIpc) is 2.77. The first-order valence-corrected chi connectivity index (χ1v) is 12.7. The van der Waals surface area contributed by atoms with Gasteiger partial charge in [0.05, 0.1) is 5.02 Å². The normalized spacial score (nSPS) is 17.9. The number of hydrogen-bond acceptors (Lipinski definition) is 7. The molecule has 1 atom stereocenters. The number of primary sulfonamides is 1. The van der Waals surface area contributed by atoms with Crippen LogP contribution in [0.25, 0.3) is 0 Å². The fraction of sp³-hybridized carbons (Fsp3) is 0.409. The van der Waals surface area contributed by atoms with Gasteiger partial charge in [-0.25, -0.2) is 13.6 Å². The van der Waals surface area contributed by atoms with Crippen LogP contribution >= 0.6 is 11.6 Å². The number of piperazine rings is 1. The lowest BCUT2D eigenvalue weighted by molar-refractivity contribution is -0.116. The van der Waals surface area contributed by atoms with E-state index in [1.807, 2.05) is 18.2 Å². The number of benzene rings is 2. The standard InChI is InChI=1S/C22H27ClN4O5S/c23-18-6-4-15(12-21(18)33(24,30)31)27-10-8-26(9-11-27)13-16(28)14-32-20-3-1-2-19-17(20)5-7-22(29)25-19/h1-4,6,12,16,28H,5,7-11,13-14H2,(H,25,29)(H2,24,30,31). The Morgan fingerprint density at radius 1 is 1.15 bits per heavy atom. The van der Waals surface area contributed by atoms with Crippen molar-refractivity contribution in [3.05, 3.63) is 47.0 Å². The molecule has 1 fully saturated rings. The summed E-state index contributed by atoms with van der Waals surface area (Å²) in [6.07, 6.45) is 0.370. The molecule has 4 rings (SSSR count). The Labute approximate surface area is 198 Å². The zero-order valence-electron chi connectivity index (χ0n) is 18.0. The number of amides is 1. The van der Waals surface area contributed by atoms with Crippen LogP contribution in [-0.2, 0) is 21.2 Å². The second kappa shape index (κ2) is 9.86. The average molecular weight is 495 g/mol. The van der Waals surface area contributed by atoms with E-state index in [9.17, 15) is 18.3 Å². The first-order valence-electron chi connectivity index (χ1n) is 10.7. The lowest BCUT2D eigenvalue weighted by Crippen LogP contribution is -2.49. The fourth-order valence-corrected chi connectivity index (χ4v) is 5.22. The van der Waals surface area contributed by atoms with E-state index in [4.69, 9.17) is 21.5 Å². The third-order valence-electron chi connectivity index (χ3n) is 5.87. The van der Waals surface area contributed by atoms with Crippen LogP contribution in [0.4, 0.5) is 11.4 Å². The predicted molar refractivity (Wildman–Crippen MR) is 126 cm³/mol. The second-order valence-electron chi connectivity index (χ2n) is 8.24. The van der Waals surface area contributed by atoms with Gasteiger partial charge in [0, 0.05) is 56.1 Å². The molecule has 0 bridgehead atoms. The number of carbonyl (C=O) groups is 1. The van der Waals surface area contributed by atoms with Crippen LogP contribution in [-0.4, -0.2) is 69.8 Å². The number of halogens is 1. The maximum Gasteiger partial charge on any atom is 0.239 e. The van der Waals surface area contributed by atoms with E-state index in [1.54, 1.807) is 6.07 Å². The van der Waals surface area contributed by atoms with Crippen molar-refractivity contribution >= 4 is 38.9 Å². The molecule has 0 spiro atoms. The summed E-state index contributed by atoms with van der Waals surface area (Å²) >= 11 is 5.98. The number of aliphatic hydroxyl groups is 1. The van der Waals surface area contributed by atoms with Crippen LogP contribution in [0.3, 0.4) is 0 Å². The van der Waals surface area contributed by atoms with E-state index in [1.165, 1.54) is 12.1 Å². The van der Waals surface area contributed by atoms with Crippen molar-refractivity contribution in [3.63, 3.8) is 0 Å². The molecule has 1 saturated heterocycles. The molecule has 0 radical (unpaired) electrons. The van der Waals surface area contributed by atoms with E-state index in [0.717, 1.165) is 16.9 Å². The monoisotopic (exact) mass is 494 g/mol. The molecule has 11 heteroatoms. The summed E-state index contributed by atoms with van der Waals surface area (Å²) < 4.78 is 29.3. The van der Waals surface area contributed by atoms with Crippen molar-refractivity contribution < 1.29 is 23.1 Å². The lowest BCUT2D eigenvalue weighted by atomic mass is 10.0. The fourth-order valence-electron chi connectivity index (χ4n) is 4.16. The van der Waals surface area contributed by atoms with Gasteiger partial charge in [0.15, 0.2) is 0 Å². The number of carbonyl (C=O) groups excluding carboxylic acids is 1. The zero-order valence-corrected chi connectivity index (χ0v) is 19.6. The Balaban J connectivity index is 1.29. The molecule has 1 unspecified atom stereocenters. The van der Waals surface area contributed by atoms with Crippen molar-refractivity contribution in [3.8, 4) is 5.75 Å². The van der Waals surface area contributed by atoms with E-state index in [-0.39, 0.29) is 22.4 Å². The molecule has 9 nitrogen and oxygen atoms in total. The Kier molecular flexibility index (Phi) is 7.10. The van der Waals surface area contributed by atoms with Crippen LogP contribution in [0.2, 0.25) is 5.02 Å². The number of nitrogens with zero attached hydrogens (tertiary/aromatic N) is 2. The highest BCUT2D eigenvalue weighted by Gasteiger charge is 2.23. The minimum Gasteiger partial charge on any atom is -0.490 e. The smallest absolute Gasteiger partial charge is 0.239 e. The molecule has 2 aromatic carbocycles. The van der Waals surface area contributed by atoms with Crippen LogP contribution in [0.15, 0.2) is 41.3 Å². The Bertz CT molecular complexity index is 1140. The third kappa shape index (κ3) is 5.77. The van der Waals surface area contributed by atoms with Gasteiger partial charge in [0.2, 0.25) is 15.9 Å². The van der Waals surface area contributed by atoms with Gasteiger partial charge < -0.3 is 20.1 Å². The molecule has 2 heterocycles. The largest absolute Gasteiger partial charge is 0.490 e. The van der Waals surface area contributed by atoms with Crippen molar-refractivity contribution in [1.82, 2.24) is 4.90 Å². The molecular weight excluding hydrogens is 468 g/mol. The van der Waals surface area contributed by atoms with E-state index in [2.05, 4.69) is 15.1 Å². The molecule has 178 valence electrons. The second-order valence-corrected chi connectivity index (χ2v) is 10.2. The summed E-state index contributed by atoms with van der Waals surface area (Å²) in [5.74, 6) is 0.683. The Hall–Kier alpha value is -2.37. The van der Waals surface area contributed by atoms with Gasteiger partial charge >= 0.3 is 0 Å². The molecule has 2 aromatic rings. The summed E-state index contributed by atoms with van der Waals surface area (Å²) in [6, 6.07) is 10.3. The molecule has 0 saturated carbocycles. The van der Waals surface area contributed by atoms with Crippen molar-refractivity contribution in [1.29, 1.82) is 0 Å². The maximum atomic E-state index is 11.7. The van der Waals surface area contributed by atoms with Crippen LogP contribution in [0.1, 0.15) is 12.0 Å². The Morgan fingerprint density at radius 2 is 1.91 bits per heavy atom. The quantitative estimate of drug-likeness (QED) is 0.531. The van der Waals surface area contributed by atoms with Crippen LogP contribution in [0.5, 0.6) is 5.75 Å². The van der Waals surface area contributed by atoms with Crippen LogP contribution < -0.4 is 20.1 Å². The van der Waals surface area contributed by atoms with Gasteiger partial charge in [-0.05, 0) is 36.8 Å².